The molecule has 0 unspecified atom stereocenters. The molecular formula is C28H34N4O2. The first-order chi connectivity index (χ1) is 16.5. The third kappa shape index (κ3) is 5.56. The van der Waals surface area contributed by atoms with Gasteiger partial charge in [-0.3, -0.25) is 4.79 Å². The number of aryl methyl sites for hydroxylation is 3. The van der Waals surface area contributed by atoms with E-state index >= 15 is 0 Å². The number of carbonyl (C=O) groups is 1. The number of piperazine rings is 1. The highest BCUT2D eigenvalue weighted by atomic mass is 16.5. The fourth-order valence-electron chi connectivity index (χ4n) is 4.48. The Balaban J connectivity index is 1.47. The van der Waals surface area contributed by atoms with Gasteiger partial charge in [0.2, 0.25) is 5.91 Å². The van der Waals surface area contributed by atoms with Gasteiger partial charge in [0.1, 0.15) is 17.4 Å². The van der Waals surface area contributed by atoms with Crippen LogP contribution in [0.3, 0.4) is 0 Å². The highest BCUT2D eigenvalue weighted by Gasteiger charge is 2.25. The van der Waals surface area contributed by atoms with Gasteiger partial charge in [-0.25, -0.2) is 9.97 Å². The molecule has 4 rings (SSSR count). The molecule has 6 nitrogen and oxygen atoms in total. The van der Waals surface area contributed by atoms with Gasteiger partial charge in [-0.1, -0.05) is 48.9 Å². The average Bonchev–Trinajstić information content (AvgIpc) is 2.86. The molecule has 0 saturated carbocycles. The number of methoxy groups -OCH3 is 1. The lowest BCUT2D eigenvalue weighted by molar-refractivity contribution is -0.130. The summed E-state index contributed by atoms with van der Waals surface area (Å²) >= 11 is 0. The van der Waals surface area contributed by atoms with E-state index in [2.05, 4.69) is 43.0 Å². The van der Waals surface area contributed by atoms with E-state index in [1.807, 2.05) is 36.1 Å². The zero-order valence-corrected chi connectivity index (χ0v) is 20.7. The number of amides is 1. The molecule has 178 valence electrons. The fourth-order valence-corrected chi connectivity index (χ4v) is 4.48. The summed E-state index contributed by atoms with van der Waals surface area (Å²) in [6.07, 6.45) is 2.10. The standard InChI is InChI=1S/C28H34N4O2/c1-5-26-25(18-22-8-6-20(2)7-9-22)28(30-21(3)29-26)32-16-14-31(15-17-32)27(33)19-23-10-12-24(34-4)13-11-23/h6-13H,5,14-19H2,1-4H3. The predicted octanol–water partition coefficient (Wildman–Crippen LogP) is 4.15. The molecule has 2 heterocycles. The number of hydrogen-bond donors (Lipinski definition) is 0. The first kappa shape index (κ1) is 23.7. The monoisotopic (exact) mass is 458 g/mol. The summed E-state index contributed by atoms with van der Waals surface area (Å²) in [6, 6.07) is 16.4. The van der Waals surface area contributed by atoms with Crippen molar-refractivity contribution in [1.29, 1.82) is 0 Å². The normalized spacial score (nSPS) is 13.8. The minimum absolute atomic E-state index is 0.165. The maximum absolute atomic E-state index is 12.9. The maximum atomic E-state index is 12.9. The number of hydrogen-bond acceptors (Lipinski definition) is 5. The maximum Gasteiger partial charge on any atom is 0.227 e. The Bertz CT molecular complexity index is 1120. The molecule has 0 N–H and O–H groups in total. The van der Waals surface area contributed by atoms with Gasteiger partial charge in [-0.2, -0.15) is 0 Å². The Kier molecular flexibility index (Phi) is 7.46. The quantitative estimate of drug-likeness (QED) is 0.532. The van der Waals surface area contributed by atoms with Crippen molar-refractivity contribution in [3.63, 3.8) is 0 Å². The van der Waals surface area contributed by atoms with Crippen molar-refractivity contribution < 1.29 is 9.53 Å². The molecule has 2 aromatic carbocycles. The van der Waals surface area contributed by atoms with E-state index in [0.29, 0.717) is 19.5 Å². The van der Waals surface area contributed by atoms with E-state index in [9.17, 15) is 4.79 Å². The third-order valence-corrected chi connectivity index (χ3v) is 6.47. The third-order valence-electron chi connectivity index (χ3n) is 6.47. The van der Waals surface area contributed by atoms with Crippen LogP contribution in [0.15, 0.2) is 48.5 Å². The van der Waals surface area contributed by atoms with Gasteiger partial charge < -0.3 is 14.5 Å². The van der Waals surface area contributed by atoms with E-state index in [1.165, 1.54) is 16.7 Å². The number of aromatic nitrogens is 2. The molecule has 6 heteroatoms. The molecule has 3 aromatic rings. The van der Waals surface area contributed by atoms with Gasteiger partial charge >= 0.3 is 0 Å². The SMILES string of the molecule is CCc1nc(C)nc(N2CCN(C(=O)Cc3ccc(OC)cc3)CC2)c1Cc1ccc(C)cc1. The molecule has 1 aliphatic heterocycles. The van der Waals surface area contributed by atoms with Gasteiger partial charge in [0, 0.05) is 43.9 Å². The van der Waals surface area contributed by atoms with E-state index < -0.39 is 0 Å². The molecule has 1 fully saturated rings. The van der Waals surface area contributed by atoms with Gasteiger partial charge in [0.05, 0.1) is 13.5 Å². The molecule has 1 aromatic heterocycles. The van der Waals surface area contributed by atoms with Gasteiger partial charge in [0.25, 0.3) is 0 Å². The molecule has 1 aliphatic rings. The Labute approximate surface area is 202 Å². The molecule has 0 radical (unpaired) electrons. The van der Waals surface area contributed by atoms with Crippen LogP contribution in [-0.2, 0) is 24.1 Å². The van der Waals surface area contributed by atoms with Gasteiger partial charge in [-0.05, 0) is 43.5 Å². The second-order valence-electron chi connectivity index (χ2n) is 8.93. The summed E-state index contributed by atoms with van der Waals surface area (Å²) in [4.78, 5) is 26.8. The smallest absolute Gasteiger partial charge is 0.227 e. The molecule has 0 atom stereocenters. The van der Waals surface area contributed by atoms with Gasteiger partial charge in [-0.15, -0.1) is 0 Å². The van der Waals surface area contributed by atoms with Crippen molar-refractivity contribution in [2.45, 2.75) is 40.0 Å². The lowest BCUT2D eigenvalue weighted by Crippen LogP contribution is -2.49. The van der Waals surface area contributed by atoms with Crippen LogP contribution in [0.2, 0.25) is 0 Å². The molecule has 1 amide bonds. The minimum atomic E-state index is 0.165. The average molecular weight is 459 g/mol. The fraction of sp³-hybridized carbons (Fsp3) is 0.393. The van der Waals surface area contributed by atoms with Crippen molar-refractivity contribution in [1.82, 2.24) is 14.9 Å². The van der Waals surface area contributed by atoms with E-state index in [0.717, 1.165) is 54.6 Å². The minimum Gasteiger partial charge on any atom is -0.497 e. The van der Waals surface area contributed by atoms with Crippen LogP contribution in [0.4, 0.5) is 5.82 Å². The summed E-state index contributed by atoms with van der Waals surface area (Å²) in [5.74, 6) is 2.79. The van der Waals surface area contributed by atoms with Crippen molar-refractivity contribution in [3.05, 3.63) is 82.3 Å². The Hall–Kier alpha value is -3.41. The van der Waals surface area contributed by atoms with Crippen molar-refractivity contribution >= 4 is 11.7 Å². The molecule has 34 heavy (non-hydrogen) atoms. The summed E-state index contributed by atoms with van der Waals surface area (Å²) in [5, 5.41) is 0. The van der Waals surface area contributed by atoms with Crippen LogP contribution in [-0.4, -0.2) is 54.1 Å². The highest BCUT2D eigenvalue weighted by molar-refractivity contribution is 5.79. The molecule has 1 saturated heterocycles. The molecular weight excluding hydrogens is 424 g/mol. The highest BCUT2D eigenvalue weighted by Crippen LogP contribution is 2.26. The molecule has 0 aliphatic carbocycles. The van der Waals surface area contributed by atoms with Crippen molar-refractivity contribution in [2.75, 3.05) is 38.2 Å². The zero-order valence-electron chi connectivity index (χ0n) is 20.7. The predicted molar refractivity (Wildman–Crippen MR) is 136 cm³/mol. The van der Waals surface area contributed by atoms with Crippen LogP contribution in [0, 0.1) is 13.8 Å². The van der Waals surface area contributed by atoms with Crippen LogP contribution in [0.25, 0.3) is 0 Å². The number of anilines is 1. The summed E-state index contributed by atoms with van der Waals surface area (Å²) < 4.78 is 5.21. The number of rotatable bonds is 7. The Morgan fingerprint density at radius 2 is 1.56 bits per heavy atom. The summed E-state index contributed by atoms with van der Waals surface area (Å²) in [5.41, 5.74) is 5.85. The lowest BCUT2D eigenvalue weighted by Gasteiger charge is -2.36. The second kappa shape index (κ2) is 10.7. The number of nitrogens with zero attached hydrogens (tertiary/aromatic N) is 4. The van der Waals surface area contributed by atoms with Crippen molar-refractivity contribution in [3.8, 4) is 5.75 Å². The summed E-state index contributed by atoms with van der Waals surface area (Å²) in [6.45, 7) is 9.17. The number of carbonyl (C=O) groups excluding carboxylic acids is 1. The zero-order chi connectivity index (χ0) is 24.1. The van der Waals surface area contributed by atoms with Crippen molar-refractivity contribution in [2.24, 2.45) is 0 Å². The number of benzene rings is 2. The van der Waals surface area contributed by atoms with Gasteiger partial charge in [0.15, 0.2) is 0 Å². The lowest BCUT2D eigenvalue weighted by atomic mass is 10.0. The molecule has 0 bridgehead atoms. The Morgan fingerprint density at radius 3 is 2.18 bits per heavy atom. The first-order valence-electron chi connectivity index (χ1n) is 12.0. The second-order valence-corrected chi connectivity index (χ2v) is 8.93. The van der Waals surface area contributed by atoms with Crippen LogP contribution < -0.4 is 9.64 Å². The summed E-state index contributed by atoms with van der Waals surface area (Å²) in [7, 11) is 1.65. The van der Waals surface area contributed by atoms with E-state index in [4.69, 9.17) is 14.7 Å². The molecule has 0 spiro atoms. The van der Waals surface area contributed by atoms with Crippen LogP contribution >= 0.6 is 0 Å². The van der Waals surface area contributed by atoms with Crippen LogP contribution in [0.1, 0.15) is 40.7 Å². The topological polar surface area (TPSA) is 58.6 Å². The largest absolute Gasteiger partial charge is 0.497 e. The van der Waals surface area contributed by atoms with E-state index in [1.54, 1.807) is 7.11 Å². The number of ether oxygens (including phenoxy) is 1. The van der Waals surface area contributed by atoms with E-state index in [-0.39, 0.29) is 5.91 Å². The van der Waals surface area contributed by atoms with Crippen LogP contribution in [0.5, 0.6) is 5.75 Å². The Morgan fingerprint density at radius 1 is 0.912 bits per heavy atom. The first-order valence-corrected chi connectivity index (χ1v) is 12.0.